The highest BCUT2D eigenvalue weighted by Crippen LogP contribution is 2.47. The topological polar surface area (TPSA) is 40.5 Å². The first-order valence-corrected chi connectivity index (χ1v) is 5.07. The third-order valence-electron chi connectivity index (χ3n) is 2.37. The maximum absolute atomic E-state index is 13.1. The number of phenols is 1. The van der Waals surface area contributed by atoms with Gasteiger partial charge in [0.1, 0.15) is 11.9 Å². The van der Waals surface area contributed by atoms with Crippen LogP contribution in [-0.4, -0.2) is 16.1 Å². The Kier molecular flexibility index (Phi) is 2.19. The van der Waals surface area contributed by atoms with Crippen LogP contribution in [0.15, 0.2) is 12.1 Å². The summed E-state index contributed by atoms with van der Waals surface area (Å²) in [6, 6.07) is 2.88. The van der Waals surface area contributed by atoms with Crippen LogP contribution in [0.3, 0.4) is 0 Å². The van der Waals surface area contributed by atoms with Crippen molar-refractivity contribution in [3.63, 3.8) is 0 Å². The second-order valence-corrected chi connectivity index (χ2v) is 4.46. The van der Waals surface area contributed by atoms with Gasteiger partial charge < -0.3 is 10.2 Å². The summed E-state index contributed by atoms with van der Waals surface area (Å²) in [5.41, 5.74) is 0.324. The molecule has 1 aromatic carbocycles. The van der Waals surface area contributed by atoms with Gasteiger partial charge >= 0.3 is 0 Å². The Morgan fingerprint density at radius 3 is 2.64 bits per heavy atom. The summed E-state index contributed by atoms with van der Waals surface area (Å²) in [5, 5.41) is 18.7. The molecule has 14 heavy (non-hydrogen) atoms. The number of fused-ring (bicyclic) bond motifs is 1. The molecule has 2 rings (SSSR count). The number of halogens is 3. The number of rotatable bonds is 0. The SMILES string of the molecule is Oc1ccc(I)c2c1CC(F)(F)C2O. The van der Waals surface area contributed by atoms with Crippen LogP contribution in [0.5, 0.6) is 5.75 Å². The van der Waals surface area contributed by atoms with E-state index in [-0.39, 0.29) is 16.9 Å². The zero-order valence-corrected chi connectivity index (χ0v) is 9.12. The summed E-state index contributed by atoms with van der Waals surface area (Å²) in [4.78, 5) is 0. The van der Waals surface area contributed by atoms with E-state index in [0.717, 1.165) is 0 Å². The molecule has 0 heterocycles. The van der Waals surface area contributed by atoms with Crippen LogP contribution in [0.4, 0.5) is 8.78 Å². The Hall–Kier alpha value is -0.430. The third-order valence-corrected chi connectivity index (χ3v) is 3.31. The normalized spacial score (nSPS) is 23.6. The summed E-state index contributed by atoms with van der Waals surface area (Å²) < 4.78 is 26.8. The predicted octanol–water partition coefficient (Wildman–Crippen LogP) is 2.22. The first-order chi connectivity index (χ1) is 6.43. The third kappa shape index (κ3) is 1.30. The maximum Gasteiger partial charge on any atom is 0.281 e. The molecule has 1 aromatic rings. The number of hydrogen-bond acceptors (Lipinski definition) is 2. The van der Waals surface area contributed by atoms with Gasteiger partial charge in [-0.15, -0.1) is 0 Å². The average Bonchev–Trinajstić information content (AvgIpc) is 2.33. The van der Waals surface area contributed by atoms with E-state index in [1.807, 2.05) is 22.6 Å². The molecule has 1 aliphatic rings. The van der Waals surface area contributed by atoms with Crippen molar-refractivity contribution in [2.45, 2.75) is 18.4 Å². The Balaban J connectivity index is 2.64. The van der Waals surface area contributed by atoms with Crippen LogP contribution in [0.2, 0.25) is 0 Å². The Morgan fingerprint density at radius 1 is 1.43 bits per heavy atom. The van der Waals surface area contributed by atoms with Crippen molar-refractivity contribution >= 4 is 22.6 Å². The number of aliphatic hydroxyl groups excluding tert-OH is 1. The molecule has 2 N–H and O–H groups in total. The van der Waals surface area contributed by atoms with E-state index in [1.54, 1.807) is 0 Å². The Labute approximate surface area is 92.7 Å². The second kappa shape index (κ2) is 3.03. The standard InChI is InChI=1S/C9H7F2IO2/c10-9(11)3-4-6(13)2-1-5(12)7(4)8(9)14/h1-2,8,13-14H,3H2. The number of aliphatic hydroxyl groups is 1. The molecule has 0 fully saturated rings. The summed E-state index contributed by atoms with van der Waals surface area (Å²) in [6.45, 7) is 0. The van der Waals surface area contributed by atoms with Crippen LogP contribution in [0.25, 0.3) is 0 Å². The molecule has 0 bridgehead atoms. The second-order valence-electron chi connectivity index (χ2n) is 3.30. The monoisotopic (exact) mass is 312 g/mol. The Bertz CT molecular complexity index is 393. The van der Waals surface area contributed by atoms with Crippen molar-refractivity contribution in [2.24, 2.45) is 0 Å². The molecule has 0 saturated carbocycles. The minimum absolute atomic E-state index is 0.161. The van der Waals surface area contributed by atoms with Crippen LogP contribution in [-0.2, 0) is 6.42 Å². The zero-order chi connectivity index (χ0) is 10.5. The van der Waals surface area contributed by atoms with Crippen molar-refractivity contribution in [1.82, 2.24) is 0 Å². The van der Waals surface area contributed by atoms with Crippen LogP contribution in [0.1, 0.15) is 17.2 Å². The van der Waals surface area contributed by atoms with Gasteiger partial charge in [0.15, 0.2) is 0 Å². The summed E-state index contributed by atoms with van der Waals surface area (Å²) in [5.74, 6) is -3.34. The number of hydrogen-bond donors (Lipinski definition) is 2. The van der Waals surface area contributed by atoms with Crippen LogP contribution < -0.4 is 0 Å². The molecule has 0 amide bonds. The fourth-order valence-corrected chi connectivity index (χ4v) is 2.45. The van der Waals surface area contributed by atoms with E-state index in [0.29, 0.717) is 3.57 Å². The van der Waals surface area contributed by atoms with Crippen LogP contribution >= 0.6 is 22.6 Å². The number of aromatic hydroxyl groups is 1. The lowest BCUT2D eigenvalue weighted by molar-refractivity contribution is -0.0971. The highest BCUT2D eigenvalue weighted by Gasteiger charge is 2.48. The Morgan fingerprint density at radius 2 is 2.07 bits per heavy atom. The molecule has 0 radical (unpaired) electrons. The van der Waals surface area contributed by atoms with Gasteiger partial charge in [-0.05, 0) is 34.7 Å². The van der Waals surface area contributed by atoms with E-state index >= 15 is 0 Å². The average molecular weight is 312 g/mol. The minimum Gasteiger partial charge on any atom is -0.508 e. The molecule has 0 aliphatic heterocycles. The van der Waals surface area contributed by atoms with E-state index in [1.165, 1.54) is 12.1 Å². The lowest BCUT2D eigenvalue weighted by Gasteiger charge is -2.13. The molecular weight excluding hydrogens is 305 g/mol. The molecule has 0 saturated heterocycles. The van der Waals surface area contributed by atoms with E-state index in [4.69, 9.17) is 0 Å². The predicted molar refractivity (Wildman–Crippen MR) is 54.4 cm³/mol. The highest BCUT2D eigenvalue weighted by atomic mass is 127. The number of alkyl halides is 2. The quantitative estimate of drug-likeness (QED) is 0.721. The lowest BCUT2D eigenvalue weighted by Crippen LogP contribution is -2.21. The maximum atomic E-state index is 13.1. The van der Waals surface area contributed by atoms with Gasteiger partial charge in [0.05, 0.1) is 0 Å². The first kappa shape index (κ1) is 10.1. The first-order valence-electron chi connectivity index (χ1n) is 3.99. The van der Waals surface area contributed by atoms with Gasteiger partial charge in [0, 0.05) is 21.1 Å². The molecule has 5 heteroatoms. The van der Waals surface area contributed by atoms with E-state index < -0.39 is 18.4 Å². The smallest absolute Gasteiger partial charge is 0.281 e. The molecule has 1 atom stereocenters. The summed E-state index contributed by atoms with van der Waals surface area (Å²) in [7, 11) is 0. The molecule has 76 valence electrons. The fraction of sp³-hybridized carbons (Fsp3) is 0.333. The minimum atomic E-state index is -3.17. The van der Waals surface area contributed by atoms with Crippen molar-refractivity contribution < 1.29 is 19.0 Å². The van der Waals surface area contributed by atoms with Crippen LogP contribution in [0, 0.1) is 3.57 Å². The molecule has 1 unspecified atom stereocenters. The molecule has 0 aromatic heterocycles. The number of phenolic OH excluding ortho intramolecular Hbond substituents is 1. The van der Waals surface area contributed by atoms with E-state index in [2.05, 4.69) is 0 Å². The summed E-state index contributed by atoms with van der Waals surface area (Å²) >= 11 is 1.87. The fourth-order valence-electron chi connectivity index (χ4n) is 1.65. The van der Waals surface area contributed by atoms with Gasteiger partial charge in [-0.2, -0.15) is 0 Å². The largest absolute Gasteiger partial charge is 0.508 e. The number of benzene rings is 1. The molecule has 0 spiro atoms. The highest BCUT2D eigenvalue weighted by molar-refractivity contribution is 14.1. The van der Waals surface area contributed by atoms with Gasteiger partial charge in [-0.3, -0.25) is 0 Å². The van der Waals surface area contributed by atoms with Gasteiger partial charge in [0.2, 0.25) is 0 Å². The molecule has 2 nitrogen and oxygen atoms in total. The van der Waals surface area contributed by atoms with Gasteiger partial charge in [0.25, 0.3) is 5.92 Å². The van der Waals surface area contributed by atoms with Gasteiger partial charge in [-0.25, -0.2) is 8.78 Å². The van der Waals surface area contributed by atoms with Crippen molar-refractivity contribution in [3.05, 3.63) is 26.8 Å². The van der Waals surface area contributed by atoms with Crippen molar-refractivity contribution in [1.29, 1.82) is 0 Å². The van der Waals surface area contributed by atoms with E-state index in [9.17, 15) is 19.0 Å². The lowest BCUT2D eigenvalue weighted by atomic mass is 10.1. The van der Waals surface area contributed by atoms with Gasteiger partial charge in [-0.1, -0.05) is 0 Å². The van der Waals surface area contributed by atoms with Crippen molar-refractivity contribution in [3.8, 4) is 5.75 Å². The molecular formula is C9H7F2IO2. The summed E-state index contributed by atoms with van der Waals surface area (Å²) in [6.07, 6.45) is -2.39. The molecule has 1 aliphatic carbocycles. The zero-order valence-electron chi connectivity index (χ0n) is 6.97. The van der Waals surface area contributed by atoms with Crippen molar-refractivity contribution in [2.75, 3.05) is 0 Å².